The van der Waals surface area contributed by atoms with Gasteiger partial charge < -0.3 is 10.1 Å². The molecule has 0 radical (unpaired) electrons. The van der Waals surface area contributed by atoms with Gasteiger partial charge in [-0.25, -0.2) is 0 Å². The molecule has 1 fully saturated rings. The zero-order valence-electron chi connectivity index (χ0n) is 11.4. The zero-order valence-corrected chi connectivity index (χ0v) is 11.4. The molecule has 0 saturated heterocycles. The van der Waals surface area contributed by atoms with Crippen molar-refractivity contribution in [3.63, 3.8) is 0 Å². The van der Waals surface area contributed by atoms with Gasteiger partial charge in [0.25, 0.3) is 0 Å². The van der Waals surface area contributed by atoms with Crippen LogP contribution in [-0.2, 0) is 0 Å². The monoisotopic (exact) mass is 269 g/mol. The molecule has 0 amide bonds. The fourth-order valence-corrected chi connectivity index (χ4v) is 2.85. The molecule has 0 spiro atoms. The lowest BCUT2D eigenvalue weighted by Gasteiger charge is -2.24. The van der Waals surface area contributed by atoms with E-state index in [0.717, 1.165) is 12.0 Å². The lowest BCUT2D eigenvalue weighted by Crippen LogP contribution is -2.33. The Morgan fingerprint density at radius 3 is 2.63 bits per heavy atom. The van der Waals surface area contributed by atoms with E-state index in [0.29, 0.717) is 12.0 Å². The smallest absolute Gasteiger partial charge is 0.387 e. The van der Waals surface area contributed by atoms with Crippen LogP contribution >= 0.6 is 0 Å². The largest absolute Gasteiger partial charge is 0.434 e. The molecule has 0 aliphatic heterocycles. The second kappa shape index (κ2) is 6.33. The summed E-state index contributed by atoms with van der Waals surface area (Å²) in [7, 11) is 0. The molecule has 1 aliphatic carbocycles. The number of benzene rings is 1. The third kappa shape index (κ3) is 3.66. The molecule has 1 aliphatic rings. The van der Waals surface area contributed by atoms with Crippen LogP contribution in [0.25, 0.3) is 0 Å². The van der Waals surface area contributed by atoms with Gasteiger partial charge in [0.2, 0.25) is 0 Å². The second-order valence-electron chi connectivity index (χ2n) is 5.32. The van der Waals surface area contributed by atoms with Gasteiger partial charge in [0, 0.05) is 17.6 Å². The van der Waals surface area contributed by atoms with E-state index in [1.165, 1.54) is 12.8 Å². The Bertz CT molecular complexity index is 411. The van der Waals surface area contributed by atoms with Gasteiger partial charge in [0.15, 0.2) is 0 Å². The molecule has 2 rings (SSSR count). The summed E-state index contributed by atoms with van der Waals surface area (Å²) in [5.74, 6) is 0.911. The number of ether oxygens (including phenoxy) is 1. The minimum Gasteiger partial charge on any atom is -0.434 e. The first-order valence-corrected chi connectivity index (χ1v) is 6.87. The molecular formula is C15H21F2NO. The van der Waals surface area contributed by atoms with Crippen molar-refractivity contribution in [2.75, 3.05) is 0 Å². The number of para-hydroxylation sites is 1. The molecule has 0 bridgehead atoms. The first-order chi connectivity index (χ1) is 9.08. The molecule has 2 nitrogen and oxygen atoms in total. The van der Waals surface area contributed by atoms with Crippen molar-refractivity contribution < 1.29 is 13.5 Å². The van der Waals surface area contributed by atoms with E-state index in [-0.39, 0.29) is 11.8 Å². The van der Waals surface area contributed by atoms with Gasteiger partial charge in [-0.3, -0.25) is 0 Å². The summed E-state index contributed by atoms with van der Waals surface area (Å²) in [6, 6.07) is 7.48. The van der Waals surface area contributed by atoms with Crippen LogP contribution in [0.2, 0.25) is 0 Å². The van der Waals surface area contributed by atoms with E-state index >= 15 is 0 Å². The SMILES string of the molecule is CC(NC1CCCC1C)c1ccccc1OC(F)F. The summed E-state index contributed by atoms with van der Waals surface area (Å²) in [4.78, 5) is 0. The van der Waals surface area contributed by atoms with Gasteiger partial charge in [-0.05, 0) is 31.7 Å². The van der Waals surface area contributed by atoms with Crippen LogP contribution < -0.4 is 10.1 Å². The van der Waals surface area contributed by atoms with Gasteiger partial charge in [0.1, 0.15) is 5.75 Å². The summed E-state index contributed by atoms with van der Waals surface area (Å²) >= 11 is 0. The summed E-state index contributed by atoms with van der Waals surface area (Å²) in [5, 5.41) is 3.53. The van der Waals surface area contributed by atoms with E-state index < -0.39 is 6.61 Å². The number of alkyl halides is 2. The third-order valence-electron chi connectivity index (χ3n) is 3.93. The van der Waals surface area contributed by atoms with E-state index in [2.05, 4.69) is 17.0 Å². The van der Waals surface area contributed by atoms with Crippen molar-refractivity contribution in [2.45, 2.75) is 51.8 Å². The van der Waals surface area contributed by atoms with Crippen molar-refractivity contribution in [3.05, 3.63) is 29.8 Å². The minimum atomic E-state index is -2.78. The quantitative estimate of drug-likeness (QED) is 0.868. The molecule has 0 heterocycles. The fraction of sp³-hybridized carbons (Fsp3) is 0.600. The molecule has 4 heteroatoms. The number of hydrogen-bond donors (Lipinski definition) is 1. The van der Waals surface area contributed by atoms with E-state index in [4.69, 9.17) is 0 Å². The normalized spacial score (nSPS) is 24.7. The van der Waals surface area contributed by atoms with Gasteiger partial charge in [-0.2, -0.15) is 8.78 Å². The Kier molecular flexibility index (Phi) is 4.75. The molecule has 1 saturated carbocycles. The zero-order chi connectivity index (χ0) is 13.8. The highest BCUT2D eigenvalue weighted by molar-refractivity contribution is 5.35. The molecule has 0 aromatic heterocycles. The maximum atomic E-state index is 12.4. The Hall–Kier alpha value is -1.16. The highest BCUT2D eigenvalue weighted by Crippen LogP contribution is 2.30. The molecule has 3 atom stereocenters. The third-order valence-corrected chi connectivity index (χ3v) is 3.93. The molecule has 3 unspecified atom stereocenters. The van der Waals surface area contributed by atoms with Crippen LogP contribution in [0.15, 0.2) is 24.3 Å². The number of hydrogen-bond acceptors (Lipinski definition) is 2. The Morgan fingerprint density at radius 2 is 2.00 bits per heavy atom. The average Bonchev–Trinajstić information content (AvgIpc) is 2.75. The molecule has 106 valence electrons. The van der Waals surface area contributed by atoms with Crippen LogP contribution in [-0.4, -0.2) is 12.7 Å². The molecule has 19 heavy (non-hydrogen) atoms. The summed E-state index contributed by atoms with van der Waals surface area (Å²) < 4.78 is 29.4. The highest BCUT2D eigenvalue weighted by atomic mass is 19.3. The van der Waals surface area contributed by atoms with Crippen LogP contribution in [0.1, 0.15) is 44.7 Å². The minimum absolute atomic E-state index is 0.0144. The Labute approximate surface area is 113 Å². The average molecular weight is 269 g/mol. The van der Waals surface area contributed by atoms with Gasteiger partial charge >= 0.3 is 6.61 Å². The lowest BCUT2D eigenvalue weighted by atomic mass is 10.0. The van der Waals surface area contributed by atoms with Crippen LogP contribution in [0.4, 0.5) is 8.78 Å². The van der Waals surface area contributed by atoms with Crippen LogP contribution in [0.3, 0.4) is 0 Å². The maximum Gasteiger partial charge on any atom is 0.387 e. The summed E-state index contributed by atoms with van der Waals surface area (Å²) in [5.41, 5.74) is 0.793. The van der Waals surface area contributed by atoms with Crippen molar-refractivity contribution in [1.82, 2.24) is 5.32 Å². The Morgan fingerprint density at radius 1 is 1.26 bits per heavy atom. The number of halogens is 2. The summed E-state index contributed by atoms with van der Waals surface area (Å²) in [6.07, 6.45) is 3.63. The Balaban J connectivity index is 2.07. The first kappa shape index (κ1) is 14.3. The van der Waals surface area contributed by atoms with Crippen LogP contribution in [0, 0.1) is 5.92 Å². The maximum absolute atomic E-state index is 12.4. The van der Waals surface area contributed by atoms with Crippen molar-refractivity contribution in [3.8, 4) is 5.75 Å². The van der Waals surface area contributed by atoms with Crippen molar-refractivity contribution >= 4 is 0 Å². The van der Waals surface area contributed by atoms with E-state index in [9.17, 15) is 8.78 Å². The van der Waals surface area contributed by atoms with E-state index in [1.807, 2.05) is 19.1 Å². The predicted octanol–water partition coefficient (Wildman–Crippen LogP) is 4.13. The number of nitrogens with one attached hydrogen (secondary N) is 1. The standard InChI is InChI=1S/C15H21F2NO/c1-10-6-5-8-13(10)18-11(2)12-7-3-4-9-14(12)19-15(16)17/h3-4,7,9-11,13,15,18H,5-6,8H2,1-2H3. The van der Waals surface area contributed by atoms with Crippen LogP contribution in [0.5, 0.6) is 5.75 Å². The molecule has 1 aromatic carbocycles. The molecular weight excluding hydrogens is 248 g/mol. The van der Waals surface area contributed by atoms with Crippen molar-refractivity contribution in [2.24, 2.45) is 5.92 Å². The fourth-order valence-electron chi connectivity index (χ4n) is 2.85. The predicted molar refractivity (Wildman–Crippen MR) is 71.4 cm³/mol. The number of rotatable bonds is 5. The highest BCUT2D eigenvalue weighted by Gasteiger charge is 2.25. The topological polar surface area (TPSA) is 21.3 Å². The van der Waals surface area contributed by atoms with Gasteiger partial charge in [-0.1, -0.05) is 31.5 Å². The van der Waals surface area contributed by atoms with E-state index in [1.54, 1.807) is 12.1 Å². The molecule has 1 aromatic rings. The second-order valence-corrected chi connectivity index (χ2v) is 5.32. The van der Waals surface area contributed by atoms with Gasteiger partial charge in [-0.15, -0.1) is 0 Å². The van der Waals surface area contributed by atoms with Gasteiger partial charge in [0.05, 0.1) is 0 Å². The lowest BCUT2D eigenvalue weighted by molar-refractivity contribution is -0.0507. The first-order valence-electron chi connectivity index (χ1n) is 6.87. The summed E-state index contributed by atoms with van der Waals surface area (Å²) in [6.45, 7) is 1.45. The van der Waals surface area contributed by atoms with Crippen molar-refractivity contribution in [1.29, 1.82) is 0 Å². The molecule has 1 N–H and O–H groups in total.